The second kappa shape index (κ2) is 5.91. The summed E-state index contributed by atoms with van der Waals surface area (Å²) in [6, 6.07) is 11.2. The van der Waals surface area contributed by atoms with Crippen LogP contribution in [0.15, 0.2) is 40.8 Å². The molecule has 1 heterocycles. The van der Waals surface area contributed by atoms with E-state index in [-0.39, 0.29) is 5.76 Å². The van der Waals surface area contributed by atoms with Gasteiger partial charge in [-0.05, 0) is 43.4 Å². The van der Waals surface area contributed by atoms with Crippen LogP contribution in [0.4, 0.5) is 0 Å². The summed E-state index contributed by atoms with van der Waals surface area (Å²) in [5.41, 5.74) is 0.983. The summed E-state index contributed by atoms with van der Waals surface area (Å²) in [7, 11) is 0. The molecule has 0 saturated heterocycles. The highest BCUT2D eigenvalue weighted by Crippen LogP contribution is 2.32. The number of carbonyl (C=O) groups excluding carboxylic acids is 1. The van der Waals surface area contributed by atoms with E-state index in [1.165, 1.54) is 5.56 Å². The third kappa shape index (κ3) is 2.86. The molecule has 1 saturated carbocycles. The van der Waals surface area contributed by atoms with Gasteiger partial charge in [-0.1, -0.05) is 31.2 Å². The van der Waals surface area contributed by atoms with Gasteiger partial charge in [-0.15, -0.1) is 0 Å². The van der Waals surface area contributed by atoms with Crippen LogP contribution in [0.1, 0.15) is 42.3 Å². The smallest absolute Gasteiger partial charge is 0.329 e. The van der Waals surface area contributed by atoms with E-state index in [1.54, 1.807) is 12.1 Å². The molecule has 5 heteroatoms. The predicted octanol–water partition coefficient (Wildman–Crippen LogP) is 3.25. The fourth-order valence-electron chi connectivity index (χ4n) is 2.72. The maximum atomic E-state index is 12.2. The van der Waals surface area contributed by atoms with Gasteiger partial charge < -0.3 is 14.8 Å². The SMILES string of the molecule is CCc1ccc(-c2ccc(C(=O)NC3(C(=O)O)CCC3)o2)cc1. The van der Waals surface area contributed by atoms with E-state index in [4.69, 9.17) is 4.42 Å². The summed E-state index contributed by atoms with van der Waals surface area (Å²) in [4.78, 5) is 23.5. The van der Waals surface area contributed by atoms with Crippen LogP contribution in [0.2, 0.25) is 0 Å². The Kier molecular flexibility index (Phi) is 3.94. The Labute approximate surface area is 134 Å². The lowest BCUT2D eigenvalue weighted by Gasteiger charge is -2.37. The van der Waals surface area contributed by atoms with Gasteiger partial charge in [0.15, 0.2) is 5.76 Å². The summed E-state index contributed by atoms with van der Waals surface area (Å²) in [6.45, 7) is 2.09. The first-order valence-electron chi connectivity index (χ1n) is 7.79. The summed E-state index contributed by atoms with van der Waals surface area (Å²) in [5, 5.41) is 11.9. The molecular formula is C18H19NO4. The van der Waals surface area contributed by atoms with Crippen molar-refractivity contribution in [3.05, 3.63) is 47.7 Å². The van der Waals surface area contributed by atoms with Crippen LogP contribution < -0.4 is 5.32 Å². The molecule has 0 spiro atoms. The number of hydrogen-bond acceptors (Lipinski definition) is 3. The Hall–Kier alpha value is -2.56. The van der Waals surface area contributed by atoms with Crippen LogP contribution in [0.5, 0.6) is 0 Å². The number of carboxylic acids is 1. The van der Waals surface area contributed by atoms with Gasteiger partial charge in [-0.2, -0.15) is 0 Å². The summed E-state index contributed by atoms with van der Waals surface area (Å²) >= 11 is 0. The highest BCUT2D eigenvalue weighted by atomic mass is 16.4. The molecule has 0 unspecified atom stereocenters. The number of carbonyl (C=O) groups is 2. The molecule has 1 aliphatic carbocycles. The molecule has 1 aromatic heterocycles. The van der Waals surface area contributed by atoms with Gasteiger partial charge in [0.1, 0.15) is 11.3 Å². The third-order valence-corrected chi connectivity index (χ3v) is 4.45. The molecule has 1 aliphatic rings. The summed E-state index contributed by atoms with van der Waals surface area (Å²) in [5.74, 6) is -0.745. The number of nitrogens with one attached hydrogen (secondary N) is 1. The summed E-state index contributed by atoms with van der Waals surface area (Å²) in [6.07, 6.45) is 2.68. The lowest BCUT2D eigenvalue weighted by molar-refractivity contribution is -0.148. The molecular weight excluding hydrogens is 294 g/mol. The molecule has 2 N–H and O–H groups in total. The van der Waals surface area contributed by atoms with Gasteiger partial charge in [0.25, 0.3) is 5.91 Å². The lowest BCUT2D eigenvalue weighted by Crippen LogP contribution is -2.59. The van der Waals surface area contributed by atoms with Gasteiger partial charge in [0, 0.05) is 5.56 Å². The van der Waals surface area contributed by atoms with Crippen molar-refractivity contribution in [3.63, 3.8) is 0 Å². The monoisotopic (exact) mass is 313 g/mol. The highest BCUT2D eigenvalue weighted by Gasteiger charge is 2.46. The first kappa shape index (κ1) is 15.3. The first-order valence-corrected chi connectivity index (χ1v) is 7.79. The van der Waals surface area contributed by atoms with Crippen molar-refractivity contribution < 1.29 is 19.1 Å². The zero-order valence-corrected chi connectivity index (χ0v) is 13.0. The average molecular weight is 313 g/mol. The van der Waals surface area contributed by atoms with Crippen molar-refractivity contribution in [3.8, 4) is 11.3 Å². The maximum absolute atomic E-state index is 12.2. The Morgan fingerprint density at radius 3 is 2.39 bits per heavy atom. The molecule has 0 radical (unpaired) electrons. The van der Waals surface area contributed by atoms with Crippen LogP contribution in [0.25, 0.3) is 11.3 Å². The highest BCUT2D eigenvalue weighted by molar-refractivity contribution is 5.96. The molecule has 1 aromatic carbocycles. The zero-order valence-electron chi connectivity index (χ0n) is 13.0. The molecule has 1 fully saturated rings. The van der Waals surface area contributed by atoms with Crippen molar-refractivity contribution in [2.45, 2.75) is 38.1 Å². The van der Waals surface area contributed by atoms with E-state index in [1.807, 2.05) is 24.3 Å². The van der Waals surface area contributed by atoms with E-state index >= 15 is 0 Å². The van der Waals surface area contributed by atoms with E-state index in [0.717, 1.165) is 18.4 Å². The molecule has 23 heavy (non-hydrogen) atoms. The van der Waals surface area contributed by atoms with Crippen LogP contribution in [0, 0.1) is 0 Å². The number of aliphatic carboxylic acids is 1. The van der Waals surface area contributed by atoms with Crippen LogP contribution >= 0.6 is 0 Å². The van der Waals surface area contributed by atoms with E-state index in [9.17, 15) is 14.7 Å². The van der Waals surface area contributed by atoms with Crippen LogP contribution in [-0.2, 0) is 11.2 Å². The maximum Gasteiger partial charge on any atom is 0.329 e. The Morgan fingerprint density at radius 1 is 1.17 bits per heavy atom. The van der Waals surface area contributed by atoms with Gasteiger partial charge >= 0.3 is 5.97 Å². The lowest BCUT2D eigenvalue weighted by atomic mass is 9.76. The molecule has 0 aliphatic heterocycles. The minimum Gasteiger partial charge on any atom is -0.480 e. The molecule has 0 bridgehead atoms. The van der Waals surface area contributed by atoms with Crippen LogP contribution in [0.3, 0.4) is 0 Å². The molecule has 1 amide bonds. The topological polar surface area (TPSA) is 79.5 Å². The van der Waals surface area contributed by atoms with Crippen LogP contribution in [-0.4, -0.2) is 22.5 Å². The van der Waals surface area contributed by atoms with Crippen molar-refractivity contribution in [2.75, 3.05) is 0 Å². The average Bonchev–Trinajstić information content (AvgIpc) is 3.00. The fourth-order valence-corrected chi connectivity index (χ4v) is 2.72. The second-order valence-corrected chi connectivity index (χ2v) is 5.91. The van der Waals surface area contributed by atoms with E-state index in [0.29, 0.717) is 18.6 Å². The number of amides is 1. The second-order valence-electron chi connectivity index (χ2n) is 5.91. The summed E-state index contributed by atoms with van der Waals surface area (Å²) < 4.78 is 5.59. The van der Waals surface area contributed by atoms with Crippen molar-refractivity contribution in [1.82, 2.24) is 5.32 Å². The number of aryl methyl sites for hydroxylation is 1. The Balaban J connectivity index is 1.75. The van der Waals surface area contributed by atoms with Crippen molar-refractivity contribution >= 4 is 11.9 Å². The number of rotatable bonds is 5. The Morgan fingerprint density at radius 2 is 1.87 bits per heavy atom. The quantitative estimate of drug-likeness (QED) is 0.888. The molecule has 120 valence electrons. The Bertz CT molecular complexity index is 726. The number of benzene rings is 1. The van der Waals surface area contributed by atoms with Gasteiger partial charge in [-0.25, -0.2) is 4.79 Å². The first-order chi connectivity index (χ1) is 11.0. The fraction of sp³-hybridized carbons (Fsp3) is 0.333. The predicted molar refractivity (Wildman–Crippen MR) is 85.2 cm³/mol. The number of carboxylic acid groups (broad SMARTS) is 1. The number of hydrogen-bond donors (Lipinski definition) is 2. The van der Waals surface area contributed by atoms with Crippen molar-refractivity contribution in [1.29, 1.82) is 0 Å². The number of furan rings is 1. The minimum atomic E-state index is -1.13. The van der Waals surface area contributed by atoms with Gasteiger partial charge in [0.2, 0.25) is 0 Å². The minimum absolute atomic E-state index is 0.132. The molecule has 3 rings (SSSR count). The zero-order chi connectivity index (χ0) is 16.4. The van der Waals surface area contributed by atoms with E-state index in [2.05, 4.69) is 12.2 Å². The normalized spacial score (nSPS) is 15.7. The third-order valence-electron chi connectivity index (χ3n) is 4.45. The van der Waals surface area contributed by atoms with Gasteiger partial charge in [0.05, 0.1) is 0 Å². The molecule has 0 atom stereocenters. The molecule has 5 nitrogen and oxygen atoms in total. The standard InChI is InChI=1S/C18H19NO4/c1-2-12-4-6-13(7-5-12)14-8-9-15(23-14)16(20)19-18(17(21)22)10-3-11-18/h4-9H,2-3,10-11H2,1H3,(H,19,20)(H,21,22). The van der Waals surface area contributed by atoms with Crippen molar-refractivity contribution in [2.24, 2.45) is 0 Å². The van der Waals surface area contributed by atoms with E-state index < -0.39 is 17.4 Å². The largest absolute Gasteiger partial charge is 0.480 e. The molecule has 2 aromatic rings. The van der Waals surface area contributed by atoms with Gasteiger partial charge in [-0.3, -0.25) is 4.79 Å².